The maximum Gasteiger partial charge on any atom is 0.416 e. The summed E-state index contributed by atoms with van der Waals surface area (Å²) in [6.07, 6.45) is -1.52. The summed E-state index contributed by atoms with van der Waals surface area (Å²) < 4.78 is 48.8. The highest BCUT2D eigenvalue weighted by atomic mass is 32.2. The smallest absolute Gasteiger partial charge is 0.416 e. The molecule has 2 rings (SSSR count). The number of hydrogen-bond donors (Lipinski definition) is 1. The lowest BCUT2D eigenvalue weighted by Gasteiger charge is -2.12. The zero-order chi connectivity index (χ0) is 22.1. The molecule has 162 valence electrons. The van der Waals surface area contributed by atoms with Crippen molar-refractivity contribution >= 4 is 17.7 Å². The maximum atomic E-state index is 12.6. The Morgan fingerprint density at radius 2 is 1.80 bits per heavy atom. The Balaban J connectivity index is 1.92. The van der Waals surface area contributed by atoms with Gasteiger partial charge in [0.25, 0.3) is 0 Å². The molecule has 0 saturated heterocycles. The van der Waals surface area contributed by atoms with Crippen molar-refractivity contribution < 1.29 is 32.5 Å². The van der Waals surface area contributed by atoms with Crippen LogP contribution in [0.25, 0.3) is 0 Å². The standard InChI is InChI=1S/C22H23F3O4S/c1-3-4-16(12-28-18-7-5-17(6-8-18)22(23,24)25)14-30-19-9-10-20(15(2)11-19)29-13-21(26)27/h4-11H,3,12-14H2,1-2H3,(H,26,27). The van der Waals surface area contributed by atoms with Crippen molar-refractivity contribution in [2.75, 3.05) is 19.0 Å². The number of halogens is 3. The molecule has 2 aromatic rings. The molecule has 0 saturated carbocycles. The lowest BCUT2D eigenvalue weighted by Crippen LogP contribution is -2.10. The normalized spacial score (nSPS) is 12.0. The lowest BCUT2D eigenvalue weighted by molar-refractivity contribution is -0.139. The van der Waals surface area contributed by atoms with Gasteiger partial charge in [-0.1, -0.05) is 13.0 Å². The number of carboxylic acids is 1. The number of carboxylic acid groups (broad SMARTS) is 1. The van der Waals surface area contributed by atoms with E-state index in [1.165, 1.54) is 12.1 Å². The van der Waals surface area contributed by atoms with E-state index >= 15 is 0 Å². The number of ether oxygens (including phenoxy) is 2. The van der Waals surface area contributed by atoms with E-state index in [4.69, 9.17) is 14.6 Å². The molecule has 0 aliphatic heterocycles. The first kappa shape index (κ1) is 23.7. The fourth-order valence-corrected chi connectivity index (χ4v) is 3.53. The van der Waals surface area contributed by atoms with Gasteiger partial charge in [-0.25, -0.2) is 4.79 Å². The summed E-state index contributed by atoms with van der Waals surface area (Å²) in [6, 6.07) is 10.2. The number of aryl methyl sites for hydroxylation is 1. The number of benzene rings is 2. The van der Waals surface area contributed by atoms with E-state index in [-0.39, 0.29) is 6.61 Å². The van der Waals surface area contributed by atoms with Gasteiger partial charge >= 0.3 is 12.1 Å². The average molecular weight is 440 g/mol. The molecule has 0 unspecified atom stereocenters. The first-order chi connectivity index (χ1) is 14.2. The highest BCUT2D eigenvalue weighted by molar-refractivity contribution is 7.99. The predicted molar refractivity (Wildman–Crippen MR) is 110 cm³/mol. The predicted octanol–water partition coefficient (Wildman–Crippen LogP) is 5.98. The summed E-state index contributed by atoms with van der Waals surface area (Å²) in [5.41, 5.74) is 1.15. The fourth-order valence-electron chi connectivity index (χ4n) is 2.55. The van der Waals surface area contributed by atoms with Crippen LogP contribution in [0.5, 0.6) is 11.5 Å². The molecule has 4 nitrogen and oxygen atoms in total. The Labute approximate surface area is 177 Å². The Hall–Kier alpha value is -2.61. The first-order valence-electron chi connectivity index (χ1n) is 9.25. The van der Waals surface area contributed by atoms with Gasteiger partial charge < -0.3 is 14.6 Å². The molecular formula is C22H23F3O4S. The van der Waals surface area contributed by atoms with Crippen LogP contribution in [-0.4, -0.2) is 30.0 Å². The second-order valence-electron chi connectivity index (χ2n) is 6.48. The van der Waals surface area contributed by atoms with Gasteiger partial charge in [0.15, 0.2) is 6.61 Å². The SMILES string of the molecule is CCC=C(COc1ccc(C(F)(F)F)cc1)CSc1ccc(OCC(=O)O)c(C)c1. The molecule has 0 heterocycles. The van der Waals surface area contributed by atoms with Gasteiger partial charge in [0.1, 0.15) is 18.1 Å². The Bertz CT molecular complexity index is 877. The third-order valence-electron chi connectivity index (χ3n) is 4.02. The molecule has 30 heavy (non-hydrogen) atoms. The quantitative estimate of drug-likeness (QED) is 0.364. The van der Waals surface area contributed by atoms with Gasteiger partial charge in [-0.2, -0.15) is 13.2 Å². The Morgan fingerprint density at radius 3 is 2.37 bits per heavy atom. The van der Waals surface area contributed by atoms with Gasteiger partial charge in [-0.15, -0.1) is 11.8 Å². The second-order valence-corrected chi connectivity index (χ2v) is 7.53. The van der Waals surface area contributed by atoms with Gasteiger partial charge in [-0.3, -0.25) is 0 Å². The number of thioether (sulfide) groups is 1. The third kappa shape index (κ3) is 7.67. The molecular weight excluding hydrogens is 417 g/mol. The molecule has 0 atom stereocenters. The molecule has 0 aliphatic carbocycles. The minimum absolute atomic E-state index is 0.283. The number of carbonyl (C=O) groups is 1. The molecule has 0 spiro atoms. The van der Waals surface area contributed by atoms with Crippen LogP contribution in [0.1, 0.15) is 24.5 Å². The Kier molecular flexibility index (Phi) is 8.65. The van der Waals surface area contributed by atoms with Crippen molar-refractivity contribution in [3.8, 4) is 11.5 Å². The van der Waals surface area contributed by atoms with E-state index in [9.17, 15) is 18.0 Å². The van der Waals surface area contributed by atoms with Crippen LogP contribution in [-0.2, 0) is 11.0 Å². The monoisotopic (exact) mass is 440 g/mol. The molecule has 8 heteroatoms. The third-order valence-corrected chi connectivity index (χ3v) is 5.12. The van der Waals surface area contributed by atoms with Crippen LogP contribution in [0.4, 0.5) is 13.2 Å². The minimum Gasteiger partial charge on any atom is -0.489 e. The highest BCUT2D eigenvalue weighted by Crippen LogP contribution is 2.31. The number of allylic oxidation sites excluding steroid dienone is 1. The van der Waals surface area contributed by atoms with Gasteiger partial charge in [0.05, 0.1) is 5.56 Å². The molecule has 1 N–H and O–H groups in total. The second kappa shape index (κ2) is 11.0. The molecule has 2 aromatic carbocycles. The summed E-state index contributed by atoms with van der Waals surface area (Å²) in [6.45, 7) is 3.74. The number of alkyl halides is 3. The van der Waals surface area contributed by atoms with Gasteiger partial charge in [-0.05, 0) is 66.9 Å². The van der Waals surface area contributed by atoms with E-state index in [1.807, 2.05) is 32.1 Å². The number of hydrogen-bond acceptors (Lipinski definition) is 4. The maximum absolute atomic E-state index is 12.6. The largest absolute Gasteiger partial charge is 0.489 e. The minimum atomic E-state index is -4.37. The molecule has 0 fully saturated rings. The van der Waals surface area contributed by atoms with E-state index < -0.39 is 24.3 Å². The van der Waals surface area contributed by atoms with E-state index in [0.717, 1.165) is 34.6 Å². The van der Waals surface area contributed by atoms with Crippen LogP contribution in [0, 0.1) is 6.92 Å². The summed E-state index contributed by atoms with van der Waals surface area (Å²) >= 11 is 1.59. The van der Waals surface area contributed by atoms with Crippen LogP contribution < -0.4 is 9.47 Å². The van der Waals surface area contributed by atoms with Crippen molar-refractivity contribution in [1.29, 1.82) is 0 Å². The first-order valence-corrected chi connectivity index (χ1v) is 10.2. The molecule has 0 aliphatic rings. The van der Waals surface area contributed by atoms with Crippen molar-refractivity contribution in [3.05, 3.63) is 65.2 Å². The molecule has 0 bridgehead atoms. The number of rotatable bonds is 10. The summed E-state index contributed by atoms with van der Waals surface area (Å²) in [7, 11) is 0. The van der Waals surface area contributed by atoms with E-state index in [1.54, 1.807) is 17.8 Å². The fraction of sp³-hybridized carbons (Fsp3) is 0.318. The highest BCUT2D eigenvalue weighted by Gasteiger charge is 2.30. The van der Waals surface area contributed by atoms with Crippen molar-refractivity contribution in [2.45, 2.75) is 31.3 Å². The summed E-state index contributed by atoms with van der Waals surface area (Å²) in [5, 5.41) is 8.70. The zero-order valence-corrected chi connectivity index (χ0v) is 17.5. The zero-order valence-electron chi connectivity index (χ0n) is 16.7. The van der Waals surface area contributed by atoms with Crippen molar-refractivity contribution in [2.24, 2.45) is 0 Å². The molecule has 0 amide bonds. The van der Waals surface area contributed by atoms with Gasteiger partial charge in [0, 0.05) is 10.6 Å². The summed E-state index contributed by atoms with van der Waals surface area (Å²) in [4.78, 5) is 11.6. The lowest BCUT2D eigenvalue weighted by atomic mass is 10.2. The molecule has 0 radical (unpaired) electrons. The summed E-state index contributed by atoms with van der Waals surface area (Å²) in [5.74, 6) is 0.529. The topological polar surface area (TPSA) is 55.8 Å². The average Bonchev–Trinajstić information content (AvgIpc) is 2.69. The van der Waals surface area contributed by atoms with Crippen LogP contribution >= 0.6 is 11.8 Å². The number of aliphatic carboxylic acids is 1. The van der Waals surface area contributed by atoms with Gasteiger partial charge in [0.2, 0.25) is 0 Å². The van der Waals surface area contributed by atoms with Crippen molar-refractivity contribution in [3.63, 3.8) is 0 Å². The Morgan fingerprint density at radius 1 is 1.10 bits per heavy atom. The van der Waals surface area contributed by atoms with E-state index in [0.29, 0.717) is 17.3 Å². The van der Waals surface area contributed by atoms with Crippen LogP contribution in [0.15, 0.2) is 59.0 Å². The van der Waals surface area contributed by atoms with Crippen LogP contribution in [0.3, 0.4) is 0 Å². The van der Waals surface area contributed by atoms with E-state index in [2.05, 4.69) is 0 Å². The van der Waals surface area contributed by atoms with Crippen LogP contribution in [0.2, 0.25) is 0 Å². The molecule has 0 aromatic heterocycles. The van der Waals surface area contributed by atoms with Crippen molar-refractivity contribution in [1.82, 2.24) is 0 Å².